The van der Waals surface area contributed by atoms with Crippen molar-refractivity contribution in [3.63, 3.8) is 0 Å². The second kappa shape index (κ2) is 4.82. The van der Waals surface area contributed by atoms with Gasteiger partial charge in [-0.25, -0.2) is 9.97 Å². The number of nitrogens with zero attached hydrogens (tertiary/aromatic N) is 2. The summed E-state index contributed by atoms with van der Waals surface area (Å²) in [4.78, 5) is 23.6. The first-order valence-corrected chi connectivity index (χ1v) is 7.17. The van der Waals surface area contributed by atoms with Crippen LogP contribution in [-0.2, 0) is 12.8 Å². The van der Waals surface area contributed by atoms with Gasteiger partial charge in [-0.15, -0.1) is 0 Å². The number of thiazole rings is 1. The van der Waals surface area contributed by atoms with Gasteiger partial charge in [0.25, 0.3) is 5.56 Å². The highest BCUT2D eigenvalue weighted by molar-refractivity contribution is 7.18. The average molecular weight is 282 g/mol. The Morgan fingerprint density at radius 1 is 1.28 bits per heavy atom. The van der Waals surface area contributed by atoms with Crippen LogP contribution in [0.15, 0.2) is 11.0 Å². The van der Waals surface area contributed by atoms with Crippen molar-refractivity contribution >= 4 is 22.9 Å². The molecular weight excluding hydrogens is 270 g/mol. The third-order valence-electron chi connectivity index (χ3n) is 3.12. The maximum atomic E-state index is 12.1. The molecule has 0 saturated carbocycles. The number of hydrogen-bond acceptors (Lipinski definition) is 4. The highest BCUT2D eigenvalue weighted by Crippen LogP contribution is 2.26. The van der Waals surface area contributed by atoms with Gasteiger partial charge in [0.1, 0.15) is 4.34 Å². The van der Waals surface area contributed by atoms with Crippen molar-refractivity contribution in [1.29, 1.82) is 0 Å². The zero-order valence-corrected chi connectivity index (χ0v) is 11.3. The lowest BCUT2D eigenvalue weighted by Crippen LogP contribution is -2.18. The molecule has 0 unspecified atom stereocenters. The molecule has 0 atom stereocenters. The monoisotopic (exact) mass is 281 g/mol. The number of nitrogens with one attached hydrogen (secondary N) is 1. The third kappa shape index (κ3) is 2.20. The minimum Gasteiger partial charge on any atom is -0.304 e. The SMILES string of the molecule is O=c1[nH]c(-c2ncc(Cl)s2)nc2c1CCCCC2. The summed E-state index contributed by atoms with van der Waals surface area (Å²) in [5.41, 5.74) is 1.75. The fraction of sp³-hybridized carbons (Fsp3) is 0.417. The van der Waals surface area contributed by atoms with Crippen LogP contribution in [0.1, 0.15) is 30.5 Å². The molecule has 0 fully saturated rings. The molecule has 18 heavy (non-hydrogen) atoms. The molecule has 0 radical (unpaired) electrons. The Hall–Kier alpha value is -1.20. The van der Waals surface area contributed by atoms with Gasteiger partial charge in [0.15, 0.2) is 10.8 Å². The lowest BCUT2D eigenvalue weighted by molar-refractivity contribution is 0.708. The van der Waals surface area contributed by atoms with Gasteiger partial charge in [-0.05, 0) is 25.7 Å². The fourth-order valence-corrected chi connectivity index (χ4v) is 3.10. The molecule has 6 heteroatoms. The number of aryl methyl sites for hydroxylation is 1. The van der Waals surface area contributed by atoms with Crippen LogP contribution in [0.5, 0.6) is 0 Å². The zero-order chi connectivity index (χ0) is 12.5. The molecule has 3 rings (SSSR count). The molecular formula is C12H12ClN3OS. The second-order valence-electron chi connectivity index (χ2n) is 4.37. The van der Waals surface area contributed by atoms with Crippen LogP contribution in [0.25, 0.3) is 10.8 Å². The molecule has 0 spiro atoms. The molecule has 4 nitrogen and oxygen atoms in total. The fourth-order valence-electron chi connectivity index (χ4n) is 2.25. The maximum Gasteiger partial charge on any atom is 0.254 e. The van der Waals surface area contributed by atoms with Crippen LogP contribution in [0.4, 0.5) is 0 Å². The maximum absolute atomic E-state index is 12.1. The summed E-state index contributed by atoms with van der Waals surface area (Å²) in [7, 11) is 0. The molecule has 2 heterocycles. The second-order valence-corrected chi connectivity index (χ2v) is 6.03. The number of rotatable bonds is 1. The Morgan fingerprint density at radius 2 is 2.11 bits per heavy atom. The smallest absolute Gasteiger partial charge is 0.254 e. The molecule has 94 valence electrons. The van der Waals surface area contributed by atoms with Crippen molar-refractivity contribution in [2.24, 2.45) is 0 Å². The standard InChI is InChI=1S/C12H12ClN3OS/c13-9-6-14-12(18-9)10-15-8-5-3-1-2-4-7(8)11(17)16-10/h6H,1-5H2,(H,15,16,17). The molecule has 0 bridgehead atoms. The van der Waals surface area contributed by atoms with Gasteiger partial charge in [-0.2, -0.15) is 0 Å². The molecule has 1 aliphatic carbocycles. The summed E-state index contributed by atoms with van der Waals surface area (Å²) in [6.07, 6.45) is 6.62. The summed E-state index contributed by atoms with van der Waals surface area (Å²) < 4.78 is 0.600. The van der Waals surface area contributed by atoms with Crippen molar-refractivity contribution in [3.05, 3.63) is 32.1 Å². The lowest BCUT2D eigenvalue weighted by Gasteiger charge is -2.05. The van der Waals surface area contributed by atoms with Crippen molar-refractivity contribution in [1.82, 2.24) is 15.0 Å². The topological polar surface area (TPSA) is 58.6 Å². The minimum absolute atomic E-state index is 0.0248. The van der Waals surface area contributed by atoms with Crippen LogP contribution in [0.2, 0.25) is 4.34 Å². The first-order chi connectivity index (χ1) is 8.74. The van der Waals surface area contributed by atoms with Crippen LogP contribution >= 0.6 is 22.9 Å². The predicted molar refractivity (Wildman–Crippen MR) is 72.2 cm³/mol. The molecule has 0 aromatic carbocycles. The van der Waals surface area contributed by atoms with E-state index in [-0.39, 0.29) is 5.56 Å². The van der Waals surface area contributed by atoms with Crippen molar-refractivity contribution in [2.75, 3.05) is 0 Å². The van der Waals surface area contributed by atoms with E-state index in [0.717, 1.165) is 43.4 Å². The van der Waals surface area contributed by atoms with Crippen molar-refractivity contribution in [2.45, 2.75) is 32.1 Å². The molecule has 2 aromatic heterocycles. The third-order valence-corrected chi connectivity index (χ3v) is 4.24. The number of halogens is 1. The number of aromatic amines is 1. The lowest BCUT2D eigenvalue weighted by atomic mass is 10.1. The van der Waals surface area contributed by atoms with Crippen LogP contribution < -0.4 is 5.56 Å². The molecule has 2 aromatic rings. The van der Waals surface area contributed by atoms with E-state index in [0.29, 0.717) is 15.2 Å². The van der Waals surface area contributed by atoms with Gasteiger partial charge < -0.3 is 4.98 Å². The van der Waals surface area contributed by atoms with E-state index >= 15 is 0 Å². The number of H-pyrrole nitrogens is 1. The summed E-state index contributed by atoms with van der Waals surface area (Å²) in [6.45, 7) is 0. The van der Waals surface area contributed by atoms with E-state index in [4.69, 9.17) is 11.6 Å². The quantitative estimate of drug-likeness (QED) is 0.818. The van der Waals surface area contributed by atoms with Gasteiger partial charge in [0, 0.05) is 5.56 Å². The molecule has 1 N–H and O–H groups in total. The van der Waals surface area contributed by atoms with Crippen LogP contribution in [0.3, 0.4) is 0 Å². The zero-order valence-electron chi connectivity index (χ0n) is 9.70. The van der Waals surface area contributed by atoms with Gasteiger partial charge >= 0.3 is 0 Å². The first kappa shape index (κ1) is 11.9. The van der Waals surface area contributed by atoms with Gasteiger partial charge in [0.2, 0.25) is 0 Å². The van der Waals surface area contributed by atoms with Crippen molar-refractivity contribution < 1.29 is 0 Å². The molecule has 1 aliphatic rings. The van der Waals surface area contributed by atoms with Gasteiger partial charge in [-0.3, -0.25) is 4.79 Å². The Balaban J connectivity index is 2.10. The normalized spacial score (nSPS) is 15.2. The summed E-state index contributed by atoms with van der Waals surface area (Å²) >= 11 is 7.18. The van der Waals surface area contributed by atoms with Gasteiger partial charge in [0.05, 0.1) is 11.9 Å². The summed E-state index contributed by atoms with van der Waals surface area (Å²) in [5, 5.41) is 0.671. The Labute approximate surface area is 113 Å². The van der Waals surface area contributed by atoms with E-state index in [9.17, 15) is 4.79 Å². The first-order valence-electron chi connectivity index (χ1n) is 5.98. The van der Waals surface area contributed by atoms with Crippen molar-refractivity contribution in [3.8, 4) is 10.8 Å². The number of fused-ring (bicyclic) bond motifs is 1. The van der Waals surface area contributed by atoms with Gasteiger partial charge in [-0.1, -0.05) is 29.4 Å². The van der Waals surface area contributed by atoms with E-state index in [1.807, 2.05) is 0 Å². The Bertz CT molecular complexity index is 634. The highest BCUT2D eigenvalue weighted by atomic mass is 35.5. The summed E-state index contributed by atoms with van der Waals surface area (Å²) in [5.74, 6) is 0.539. The number of aromatic nitrogens is 3. The molecule has 0 amide bonds. The largest absolute Gasteiger partial charge is 0.304 e. The number of hydrogen-bond donors (Lipinski definition) is 1. The summed E-state index contributed by atoms with van der Waals surface area (Å²) in [6, 6.07) is 0. The van der Waals surface area contributed by atoms with E-state index in [1.54, 1.807) is 6.20 Å². The predicted octanol–water partition coefficient (Wildman–Crippen LogP) is 2.82. The van der Waals surface area contributed by atoms with E-state index in [2.05, 4.69) is 15.0 Å². The molecule has 0 saturated heterocycles. The molecule has 0 aliphatic heterocycles. The average Bonchev–Trinajstić information content (AvgIpc) is 2.63. The Kier molecular flexibility index (Phi) is 3.18. The van der Waals surface area contributed by atoms with E-state index < -0.39 is 0 Å². The minimum atomic E-state index is -0.0248. The van der Waals surface area contributed by atoms with Crippen LogP contribution in [0, 0.1) is 0 Å². The highest BCUT2D eigenvalue weighted by Gasteiger charge is 2.16. The van der Waals surface area contributed by atoms with Crippen LogP contribution in [-0.4, -0.2) is 15.0 Å². The Morgan fingerprint density at radius 3 is 2.89 bits per heavy atom. The van der Waals surface area contributed by atoms with E-state index in [1.165, 1.54) is 11.3 Å².